The quantitative estimate of drug-likeness (QED) is 0.821. The lowest BCUT2D eigenvalue weighted by Gasteiger charge is -2.23. The molecule has 0 bridgehead atoms. The van der Waals surface area contributed by atoms with Crippen molar-refractivity contribution in [2.45, 2.75) is 32.4 Å². The average molecular weight is 312 g/mol. The van der Waals surface area contributed by atoms with Crippen LogP contribution in [0.4, 0.5) is 5.69 Å². The summed E-state index contributed by atoms with van der Waals surface area (Å²) >= 11 is 0. The Morgan fingerprint density at radius 3 is 2.78 bits per heavy atom. The highest BCUT2D eigenvalue weighted by Gasteiger charge is 2.34. The zero-order valence-electron chi connectivity index (χ0n) is 13.9. The number of hydrogen-bond acceptors (Lipinski definition) is 3. The van der Waals surface area contributed by atoms with Gasteiger partial charge in [0.25, 0.3) is 0 Å². The van der Waals surface area contributed by atoms with Crippen molar-refractivity contribution in [2.75, 3.05) is 25.0 Å². The van der Waals surface area contributed by atoms with Gasteiger partial charge in [0.1, 0.15) is 0 Å². The Bertz CT molecular complexity index is 652. The number of para-hydroxylation sites is 1. The van der Waals surface area contributed by atoms with Gasteiger partial charge in [0.15, 0.2) is 0 Å². The maximum absolute atomic E-state index is 12.7. The SMILES string of the molecule is CCn1nccc1CCN(C)C1CCN(c2ccccc2)C1=O. The largest absolute Gasteiger partial charge is 0.311 e. The number of aryl methyl sites for hydroxylation is 1. The Morgan fingerprint density at radius 1 is 1.26 bits per heavy atom. The van der Waals surface area contributed by atoms with E-state index in [0.29, 0.717) is 0 Å². The molecule has 0 saturated carbocycles. The molecule has 5 nitrogen and oxygen atoms in total. The van der Waals surface area contributed by atoms with Gasteiger partial charge in [-0.3, -0.25) is 14.4 Å². The van der Waals surface area contributed by atoms with E-state index in [0.717, 1.165) is 38.2 Å². The fourth-order valence-corrected chi connectivity index (χ4v) is 3.24. The molecule has 0 radical (unpaired) electrons. The minimum absolute atomic E-state index is 0.0202. The van der Waals surface area contributed by atoms with Crippen LogP contribution in [0.15, 0.2) is 42.6 Å². The lowest BCUT2D eigenvalue weighted by molar-refractivity contribution is -0.121. The predicted octanol–water partition coefficient (Wildman–Crippen LogP) is 2.18. The molecule has 1 unspecified atom stereocenters. The van der Waals surface area contributed by atoms with Gasteiger partial charge in [-0.1, -0.05) is 18.2 Å². The number of rotatable bonds is 6. The highest BCUT2D eigenvalue weighted by molar-refractivity contribution is 5.99. The Balaban J connectivity index is 1.60. The molecule has 1 aliphatic rings. The topological polar surface area (TPSA) is 41.4 Å². The van der Waals surface area contributed by atoms with Crippen LogP contribution in [0.1, 0.15) is 19.0 Å². The second-order valence-corrected chi connectivity index (χ2v) is 6.00. The molecule has 2 aromatic rings. The summed E-state index contributed by atoms with van der Waals surface area (Å²) in [7, 11) is 2.05. The van der Waals surface area contributed by atoms with Crippen molar-refractivity contribution >= 4 is 11.6 Å². The van der Waals surface area contributed by atoms with E-state index in [-0.39, 0.29) is 11.9 Å². The normalized spacial score (nSPS) is 18.1. The van der Waals surface area contributed by atoms with E-state index < -0.39 is 0 Å². The molecule has 2 heterocycles. The van der Waals surface area contributed by atoms with Crippen LogP contribution in [-0.2, 0) is 17.8 Å². The summed E-state index contributed by atoms with van der Waals surface area (Å²) in [6.07, 6.45) is 3.65. The predicted molar refractivity (Wildman–Crippen MR) is 91.4 cm³/mol. The van der Waals surface area contributed by atoms with Gasteiger partial charge in [-0.15, -0.1) is 0 Å². The molecule has 1 fully saturated rings. The number of benzene rings is 1. The lowest BCUT2D eigenvalue weighted by Crippen LogP contribution is -2.40. The van der Waals surface area contributed by atoms with Crippen LogP contribution in [0, 0.1) is 0 Å². The summed E-state index contributed by atoms with van der Waals surface area (Å²) in [6.45, 7) is 4.64. The van der Waals surface area contributed by atoms with Crippen LogP contribution in [0.25, 0.3) is 0 Å². The second kappa shape index (κ2) is 6.96. The fourth-order valence-electron chi connectivity index (χ4n) is 3.24. The summed E-state index contributed by atoms with van der Waals surface area (Å²) in [5.74, 6) is 0.211. The molecule has 23 heavy (non-hydrogen) atoms. The minimum Gasteiger partial charge on any atom is -0.311 e. The molecule has 0 N–H and O–H groups in total. The van der Waals surface area contributed by atoms with Gasteiger partial charge >= 0.3 is 0 Å². The van der Waals surface area contributed by atoms with E-state index in [4.69, 9.17) is 0 Å². The van der Waals surface area contributed by atoms with Crippen molar-refractivity contribution in [3.05, 3.63) is 48.3 Å². The third-order valence-corrected chi connectivity index (χ3v) is 4.60. The van der Waals surface area contributed by atoms with Crippen molar-refractivity contribution in [1.29, 1.82) is 0 Å². The van der Waals surface area contributed by atoms with Crippen LogP contribution in [-0.4, -0.2) is 46.8 Å². The number of likely N-dealkylation sites (N-methyl/N-ethyl adjacent to an activating group) is 1. The molecule has 1 saturated heterocycles. The number of carbonyl (C=O) groups excluding carboxylic acids is 1. The molecule has 122 valence electrons. The van der Waals surface area contributed by atoms with E-state index in [1.165, 1.54) is 5.69 Å². The first-order valence-corrected chi connectivity index (χ1v) is 8.28. The summed E-state index contributed by atoms with van der Waals surface area (Å²) in [4.78, 5) is 16.8. The van der Waals surface area contributed by atoms with Crippen molar-refractivity contribution in [1.82, 2.24) is 14.7 Å². The molecule has 1 amide bonds. The van der Waals surface area contributed by atoms with Gasteiger partial charge in [-0.05, 0) is 38.6 Å². The Kier molecular flexibility index (Phi) is 4.76. The van der Waals surface area contributed by atoms with Crippen molar-refractivity contribution in [3.63, 3.8) is 0 Å². The molecule has 3 rings (SSSR count). The van der Waals surface area contributed by atoms with Crippen LogP contribution >= 0.6 is 0 Å². The monoisotopic (exact) mass is 312 g/mol. The first-order chi connectivity index (χ1) is 11.2. The number of nitrogens with zero attached hydrogens (tertiary/aromatic N) is 4. The van der Waals surface area contributed by atoms with Gasteiger partial charge < -0.3 is 4.90 Å². The van der Waals surface area contributed by atoms with Crippen molar-refractivity contribution < 1.29 is 4.79 Å². The Labute approximate surface area is 137 Å². The minimum atomic E-state index is -0.0202. The summed E-state index contributed by atoms with van der Waals surface area (Å²) in [5.41, 5.74) is 2.22. The highest BCUT2D eigenvalue weighted by atomic mass is 16.2. The highest BCUT2D eigenvalue weighted by Crippen LogP contribution is 2.23. The zero-order valence-corrected chi connectivity index (χ0v) is 13.9. The van der Waals surface area contributed by atoms with E-state index >= 15 is 0 Å². The second-order valence-electron chi connectivity index (χ2n) is 6.00. The van der Waals surface area contributed by atoms with Gasteiger partial charge in [-0.25, -0.2) is 0 Å². The molecular weight excluding hydrogens is 288 g/mol. The van der Waals surface area contributed by atoms with Crippen molar-refractivity contribution in [3.8, 4) is 0 Å². The molecule has 1 aromatic heterocycles. The fraction of sp³-hybridized carbons (Fsp3) is 0.444. The van der Waals surface area contributed by atoms with Crippen LogP contribution in [0.3, 0.4) is 0 Å². The molecule has 1 aliphatic heterocycles. The van der Waals surface area contributed by atoms with Gasteiger partial charge in [0, 0.05) is 43.6 Å². The number of hydrogen-bond donors (Lipinski definition) is 0. The number of aromatic nitrogens is 2. The summed E-state index contributed by atoms with van der Waals surface area (Å²) < 4.78 is 2.01. The van der Waals surface area contributed by atoms with Gasteiger partial charge in [-0.2, -0.15) is 5.10 Å². The average Bonchev–Trinajstić information content (AvgIpc) is 3.19. The lowest BCUT2D eigenvalue weighted by atomic mass is 10.2. The van der Waals surface area contributed by atoms with Crippen LogP contribution in [0.2, 0.25) is 0 Å². The molecule has 0 spiro atoms. The first kappa shape index (κ1) is 15.7. The van der Waals surface area contributed by atoms with Crippen LogP contribution < -0.4 is 4.90 Å². The first-order valence-electron chi connectivity index (χ1n) is 8.28. The van der Waals surface area contributed by atoms with E-state index in [9.17, 15) is 4.79 Å². The summed E-state index contributed by atoms with van der Waals surface area (Å²) in [6, 6.07) is 12.0. The standard InChI is InChI=1S/C18H24N4O/c1-3-22-16(9-12-19-22)10-13-20(2)17-11-14-21(18(17)23)15-7-5-4-6-8-15/h4-9,12,17H,3,10-11,13-14H2,1-2H3. The molecule has 5 heteroatoms. The molecule has 1 aromatic carbocycles. The number of amides is 1. The smallest absolute Gasteiger partial charge is 0.244 e. The van der Waals surface area contributed by atoms with E-state index in [1.807, 2.05) is 53.2 Å². The Hall–Kier alpha value is -2.14. The molecular formula is C18H24N4O. The third-order valence-electron chi connectivity index (χ3n) is 4.60. The third kappa shape index (κ3) is 3.29. The number of anilines is 1. The van der Waals surface area contributed by atoms with Gasteiger partial charge in [0.05, 0.1) is 6.04 Å². The van der Waals surface area contributed by atoms with Crippen LogP contribution in [0.5, 0.6) is 0 Å². The summed E-state index contributed by atoms with van der Waals surface area (Å²) in [5, 5.41) is 4.30. The Morgan fingerprint density at radius 2 is 2.04 bits per heavy atom. The van der Waals surface area contributed by atoms with E-state index in [1.54, 1.807) is 0 Å². The van der Waals surface area contributed by atoms with Crippen molar-refractivity contribution in [2.24, 2.45) is 0 Å². The van der Waals surface area contributed by atoms with Gasteiger partial charge in [0.2, 0.25) is 5.91 Å². The maximum atomic E-state index is 12.7. The molecule has 0 aliphatic carbocycles. The number of carbonyl (C=O) groups is 1. The molecule has 1 atom stereocenters. The maximum Gasteiger partial charge on any atom is 0.244 e. The van der Waals surface area contributed by atoms with E-state index in [2.05, 4.69) is 23.0 Å². The zero-order chi connectivity index (χ0) is 16.2.